The van der Waals surface area contributed by atoms with Gasteiger partial charge in [-0.25, -0.2) is 0 Å². The van der Waals surface area contributed by atoms with Gasteiger partial charge in [-0.3, -0.25) is 0 Å². The minimum absolute atomic E-state index is 0.692. The molecule has 0 amide bonds. The van der Waals surface area contributed by atoms with Gasteiger partial charge in [-0.15, -0.1) is 0 Å². The van der Waals surface area contributed by atoms with Gasteiger partial charge in [-0.05, 0) is 56.0 Å². The fraction of sp³-hybridized carbons (Fsp3) is 0.647. The number of ether oxygens (including phenoxy) is 1. The Morgan fingerprint density at radius 1 is 1.05 bits per heavy atom. The molecule has 2 nitrogen and oxygen atoms in total. The first-order valence-corrected chi connectivity index (χ1v) is 7.69. The number of hydrogen-bond donors (Lipinski definition) is 1. The zero-order chi connectivity index (χ0) is 13.1. The van der Waals surface area contributed by atoms with Gasteiger partial charge in [-0.2, -0.15) is 0 Å². The van der Waals surface area contributed by atoms with Crippen LogP contribution < -0.4 is 5.32 Å². The summed E-state index contributed by atoms with van der Waals surface area (Å²) in [5.74, 6) is 2.40. The molecule has 2 aliphatic rings. The van der Waals surface area contributed by atoms with E-state index in [-0.39, 0.29) is 0 Å². The topological polar surface area (TPSA) is 21.3 Å². The minimum Gasteiger partial charge on any atom is -0.381 e. The summed E-state index contributed by atoms with van der Waals surface area (Å²) in [7, 11) is 0. The van der Waals surface area contributed by atoms with Crippen molar-refractivity contribution in [3.8, 4) is 0 Å². The third-order valence-corrected chi connectivity index (χ3v) is 4.91. The molecule has 2 unspecified atom stereocenters. The molecular formula is C17H25NO. The largest absolute Gasteiger partial charge is 0.381 e. The van der Waals surface area contributed by atoms with E-state index in [2.05, 4.69) is 36.5 Å². The summed E-state index contributed by atoms with van der Waals surface area (Å²) in [6.07, 6.45) is 3.84. The molecule has 2 atom stereocenters. The van der Waals surface area contributed by atoms with Crippen LogP contribution in [0, 0.1) is 18.8 Å². The molecule has 2 heteroatoms. The molecule has 104 valence electrons. The molecule has 2 heterocycles. The van der Waals surface area contributed by atoms with Gasteiger partial charge in [0.1, 0.15) is 0 Å². The highest BCUT2D eigenvalue weighted by atomic mass is 16.5. The van der Waals surface area contributed by atoms with Gasteiger partial charge in [-0.1, -0.05) is 29.8 Å². The average Bonchev–Trinajstić information content (AvgIpc) is 2.49. The fourth-order valence-corrected chi connectivity index (χ4v) is 3.77. The van der Waals surface area contributed by atoms with E-state index < -0.39 is 0 Å². The molecule has 0 aliphatic carbocycles. The molecule has 3 rings (SSSR count). The van der Waals surface area contributed by atoms with Crippen molar-refractivity contribution in [1.82, 2.24) is 5.32 Å². The third kappa shape index (κ3) is 3.01. The van der Waals surface area contributed by atoms with E-state index in [9.17, 15) is 0 Å². The summed E-state index contributed by atoms with van der Waals surface area (Å²) >= 11 is 0. The highest BCUT2D eigenvalue weighted by Gasteiger charge is 2.33. The molecular weight excluding hydrogens is 234 g/mol. The van der Waals surface area contributed by atoms with Gasteiger partial charge in [0.15, 0.2) is 0 Å². The van der Waals surface area contributed by atoms with E-state index in [1.54, 1.807) is 0 Å². The number of aryl methyl sites for hydroxylation is 1. The number of hydrogen-bond acceptors (Lipinski definition) is 2. The van der Waals surface area contributed by atoms with E-state index in [4.69, 9.17) is 4.74 Å². The Bertz CT molecular complexity index is 394. The van der Waals surface area contributed by atoms with Crippen molar-refractivity contribution in [2.45, 2.75) is 32.1 Å². The van der Waals surface area contributed by atoms with Gasteiger partial charge in [0.05, 0.1) is 0 Å². The Labute approximate surface area is 116 Å². The first kappa shape index (κ1) is 13.1. The van der Waals surface area contributed by atoms with Crippen molar-refractivity contribution in [1.29, 1.82) is 0 Å². The first-order chi connectivity index (χ1) is 9.34. The van der Waals surface area contributed by atoms with Gasteiger partial charge in [0, 0.05) is 19.8 Å². The molecule has 2 aliphatic heterocycles. The van der Waals surface area contributed by atoms with Crippen LogP contribution in [0.5, 0.6) is 0 Å². The summed E-state index contributed by atoms with van der Waals surface area (Å²) in [5.41, 5.74) is 2.88. The number of benzene rings is 1. The van der Waals surface area contributed by atoms with Crippen LogP contribution in [0.25, 0.3) is 0 Å². The predicted octanol–water partition coefficient (Wildman–Crippen LogP) is 3.11. The Kier molecular flexibility index (Phi) is 4.19. The lowest BCUT2D eigenvalue weighted by molar-refractivity contribution is 0.0356. The van der Waals surface area contributed by atoms with E-state index >= 15 is 0 Å². The Morgan fingerprint density at radius 2 is 1.79 bits per heavy atom. The molecule has 1 N–H and O–H groups in total. The van der Waals surface area contributed by atoms with E-state index in [1.807, 2.05) is 0 Å². The summed E-state index contributed by atoms with van der Waals surface area (Å²) in [5, 5.41) is 3.59. The lowest BCUT2D eigenvalue weighted by Crippen LogP contribution is -2.40. The molecule has 19 heavy (non-hydrogen) atoms. The Balaban J connectivity index is 1.78. The van der Waals surface area contributed by atoms with Crippen LogP contribution >= 0.6 is 0 Å². The first-order valence-electron chi connectivity index (χ1n) is 7.69. The van der Waals surface area contributed by atoms with E-state index in [1.165, 1.54) is 36.9 Å². The van der Waals surface area contributed by atoms with Crippen LogP contribution in [-0.4, -0.2) is 26.3 Å². The second-order valence-electron chi connectivity index (χ2n) is 6.12. The lowest BCUT2D eigenvalue weighted by atomic mass is 9.71. The van der Waals surface area contributed by atoms with E-state index in [0.29, 0.717) is 5.92 Å². The lowest BCUT2D eigenvalue weighted by Gasteiger charge is -2.39. The van der Waals surface area contributed by atoms with Crippen molar-refractivity contribution in [3.63, 3.8) is 0 Å². The fourth-order valence-electron chi connectivity index (χ4n) is 3.77. The van der Waals surface area contributed by atoms with Crippen molar-refractivity contribution >= 4 is 0 Å². The molecule has 2 fully saturated rings. The van der Waals surface area contributed by atoms with Crippen LogP contribution in [0.4, 0.5) is 0 Å². The zero-order valence-electron chi connectivity index (χ0n) is 11.9. The number of piperidine rings is 1. The molecule has 1 aromatic rings. The zero-order valence-corrected chi connectivity index (χ0v) is 11.9. The van der Waals surface area contributed by atoms with Crippen LogP contribution in [-0.2, 0) is 4.74 Å². The SMILES string of the molecule is Cc1ccc(C2CNCCC2C2CCOCC2)cc1. The van der Waals surface area contributed by atoms with Gasteiger partial charge in [0.25, 0.3) is 0 Å². The van der Waals surface area contributed by atoms with E-state index in [0.717, 1.165) is 31.6 Å². The maximum Gasteiger partial charge on any atom is 0.0468 e. The normalized spacial score (nSPS) is 29.3. The maximum absolute atomic E-state index is 5.53. The standard InChI is InChI=1S/C17H25NO/c1-13-2-4-14(5-3-13)17-12-18-9-6-16(17)15-7-10-19-11-8-15/h2-5,15-18H,6-12H2,1H3. The van der Waals surface area contributed by atoms with Gasteiger partial charge in [0.2, 0.25) is 0 Å². The molecule has 0 aromatic heterocycles. The second kappa shape index (κ2) is 6.06. The van der Waals surface area contributed by atoms with Crippen LogP contribution in [0.3, 0.4) is 0 Å². The van der Waals surface area contributed by atoms with Crippen molar-refractivity contribution in [2.75, 3.05) is 26.3 Å². The minimum atomic E-state index is 0.692. The summed E-state index contributed by atoms with van der Waals surface area (Å²) in [6, 6.07) is 9.18. The molecule has 0 saturated carbocycles. The van der Waals surface area contributed by atoms with Gasteiger partial charge >= 0.3 is 0 Å². The quantitative estimate of drug-likeness (QED) is 0.881. The summed E-state index contributed by atoms with van der Waals surface area (Å²) in [4.78, 5) is 0. The van der Waals surface area contributed by atoms with Crippen LogP contribution in [0.15, 0.2) is 24.3 Å². The monoisotopic (exact) mass is 259 g/mol. The molecule has 1 aromatic carbocycles. The maximum atomic E-state index is 5.53. The highest BCUT2D eigenvalue weighted by Crippen LogP contribution is 2.38. The summed E-state index contributed by atoms with van der Waals surface area (Å²) in [6.45, 7) is 6.43. The summed E-state index contributed by atoms with van der Waals surface area (Å²) < 4.78 is 5.53. The molecule has 2 saturated heterocycles. The smallest absolute Gasteiger partial charge is 0.0468 e. The van der Waals surface area contributed by atoms with Crippen LogP contribution in [0.1, 0.15) is 36.3 Å². The number of rotatable bonds is 2. The average molecular weight is 259 g/mol. The Morgan fingerprint density at radius 3 is 2.53 bits per heavy atom. The molecule has 0 spiro atoms. The van der Waals surface area contributed by atoms with Crippen LogP contribution in [0.2, 0.25) is 0 Å². The highest BCUT2D eigenvalue weighted by molar-refractivity contribution is 5.26. The van der Waals surface area contributed by atoms with Crippen molar-refractivity contribution in [2.24, 2.45) is 11.8 Å². The van der Waals surface area contributed by atoms with Crippen molar-refractivity contribution in [3.05, 3.63) is 35.4 Å². The van der Waals surface area contributed by atoms with Crippen molar-refractivity contribution < 1.29 is 4.74 Å². The molecule has 0 bridgehead atoms. The molecule has 0 radical (unpaired) electrons. The second-order valence-corrected chi connectivity index (χ2v) is 6.12. The predicted molar refractivity (Wildman–Crippen MR) is 78.4 cm³/mol. The third-order valence-electron chi connectivity index (χ3n) is 4.91. The Hall–Kier alpha value is -0.860. The van der Waals surface area contributed by atoms with Gasteiger partial charge < -0.3 is 10.1 Å². The number of nitrogens with one attached hydrogen (secondary N) is 1.